The molecule has 2 heterocycles. The number of benzene rings is 1. The van der Waals surface area contributed by atoms with Crippen molar-refractivity contribution in [2.45, 2.75) is 38.8 Å². The Morgan fingerprint density at radius 1 is 1.25 bits per heavy atom. The van der Waals surface area contributed by atoms with E-state index in [2.05, 4.69) is 5.32 Å². The molecule has 5 nitrogen and oxygen atoms in total. The number of carbonyl (C=O) groups is 3. The van der Waals surface area contributed by atoms with Gasteiger partial charge in [0.15, 0.2) is 0 Å². The molecule has 0 bridgehead atoms. The summed E-state index contributed by atoms with van der Waals surface area (Å²) in [5, 5.41) is 2.33. The van der Waals surface area contributed by atoms with Crippen molar-refractivity contribution in [2.75, 3.05) is 0 Å². The summed E-state index contributed by atoms with van der Waals surface area (Å²) in [6.45, 7) is 4.13. The third-order valence-corrected chi connectivity index (χ3v) is 4.24. The van der Waals surface area contributed by atoms with Crippen LogP contribution in [0.5, 0.6) is 0 Å². The van der Waals surface area contributed by atoms with Gasteiger partial charge >= 0.3 is 0 Å². The van der Waals surface area contributed by atoms with Gasteiger partial charge < -0.3 is 4.90 Å². The summed E-state index contributed by atoms with van der Waals surface area (Å²) in [5.74, 6) is -0.786. The molecule has 2 aliphatic heterocycles. The second-order valence-electron chi connectivity index (χ2n) is 5.70. The first-order valence-corrected chi connectivity index (χ1v) is 6.67. The highest BCUT2D eigenvalue weighted by Gasteiger charge is 2.48. The van der Waals surface area contributed by atoms with Crippen LogP contribution in [0.1, 0.15) is 41.3 Å². The van der Waals surface area contributed by atoms with Crippen LogP contribution in [0.25, 0.3) is 0 Å². The van der Waals surface area contributed by atoms with Gasteiger partial charge in [0.2, 0.25) is 5.91 Å². The Morgan fingerprint density at radius 3 is 2.70 bits per heavy atom. The number of piperidine rings is 1. The summed E-state index contributed by atoms with van der Waals surface area (Å²) in [6.07, 6.45) is 0.637. The predicted octanol–water partition coefficient (Wildman–Crippen LogP) is 1.15. The summed E-state index contributed by atoms with van der Waals surface area (Å²) in [4.78, 5) is 37.5. The largest absolute Gasteiger partial charge is 0.320 e. The molecule has 1 aromatic carbocycles. The van der Waals surface area contributed by atoms with Crippen LogP contribution in [0.2, 0.25) is 0 Å². The Hall–Kier alpha value is -2.17. The zero-order valence-electron chi connectivity index (χ0n) is 11.5. The number of amides is 3. The molecule has 1 aromatic rings. The number of nitrogens with one attached hydrogen (secondary N) is 1. The molecule has 3 amide bonds. The number of hydrogen-bond acceptors (Lipinski definition) is 3. The first kappa shape index (κ1) is 12.8. The molecule has 5 heteroatoms. The summed E-state index contributed by atoms with van der Waals surface area (Å²) >= 11 is 0. The third kappa shape index (κ3) is 1.73. The fraction of sp³-hybridized carbons (Fsp3) is 0.400. The summed E-state index contributed by atoms with van der Waals surface area (Å²) < 4.78 is 0. The van der Waals surface area contributed by atoms with Crippen molar-refractivity contribution in [2.24, 2.45) is 0 Å². The molecule has 0 spiro atoms. The van der Waals surface area contributed by atoms with Gasteiger partial charge in [-0.05, 0) is 31.9 Å². The van der Waals surface area contributed by atoms with E-state index < -0.39 is 5.54 Å². The number of fused-ring (bicyclic) bond motifs is 1. The van der Waals surface area contributed by atoms with Crippen LogP contribution in [0.15, 0.2) is 18.2 Å². The van der Waals surface area contributed by atoms with E-state index in [0.717, 1.165) is 11.1 Å². The van der Waals surface area contributed by atoms with E-state index in [1.165, 1.54) is 0 Å². The van der Waals surface area contributed by atoms with Crippen LogP contribution >= 0.6 is 0 Å². The van der Waals surface area contributed by atoms with E-state index in [0.29, 0.717) is 18.5 Å². The fourth-order valence-corrected chi connectivity index (χ4v) is 2.90. The third-order valence-electron chi connectivity index (χ3n) is 4.24. The molecule has 3 rings (SSSR count). The highest BCUT2D eigenvalue weighted by atomic mass is 16.2. The molecule has 0 saturated carbocycles. The number of nitrogens with zero attached hydrogens (tertiary/aromatic N) is 1. The number of hydrogen-bond donors (Lipinski definition) is 1. The SMILES string of the molecule is Cc1ccc2c(c1)CN(C1(C)CCC(=O)NC1=O)C2=O. The van der Waals surface area contributed by atoms with Crippen molar-refractivity contribution in [3.05, 3.63) is 34.9 Å². The van der Waals surface area contributed by atoms with Crippen LogP contribution in [0.3, 0.4) is 0 Å². The van der Waals surface area contributed by atoms with Crippen LogP contribution in [0, 0.1) is 6.92 Å². The van der Waals surface area contributed by atoms with Gasteiger partial charge in [-0.1, -0.05) is 17.7 Å². The van der Waals surface area contributed by atoms with Crippen LogP contribution < -0.4 is 5.32 Å². The van der Waals surface area contributed by atoms with Crippen LogP contribution in [-0.4, -0.2) is 28.2 Å². The van der Waals surface area contributed by atoms with Crippen LogP contribution in [-0.2, 0) is 16.1 Å². The van der Waals surface area contributed by atoms with Crippen molar-refractivity contribution in [1.82, 2.24) is 10.2 Å². The lowest BCUT2D eigenvalue weighted by Gasteiger charge is -2.39. The van der Waals surface area contributed by atoms with E-state index in [-0.39, 0.29) is 24.1 Å². The maximum absolute atomic E-state index is 12.5. The molecule has 1 atom stereocenters. The Labute approximate surface area is 116 Å². The van der Waals surface area contributed by atoms with Crippen molar-refractivity contribution in [1.29, 1.82) is 0 Å². The van der Waals surface area contributed by atoms with Gasteiger partial charge in [0.25, 0.3) is 11.8 Å². The van der Waals surface area contributed by atoms with Crippen LogP contribution in [0.4, 0.5) is 0 Å². The monoisotopic (exact) mass is 272 g/mol. The molecule has 1 saturated heterocycles. The van der Waals surface area contributed by atoms with Gasteiger partial charge in [-0.15, -0.1) is 0 Å². The molecule has 20 heavy (non-hydrogen) atoms. The fourth-order valence-electron chi connectivity index (χ4n) is 2.90. The molecule has 0 aromatic heterocycles. The highest BCUT2D eigenvalue weighted by Crippen LogP contribution is 2.34. The molecule has 0 aliphatic carbocycles. The Kier molecular flexibility index (Phi) is 2.67. The standard InChI is InChI=1S/C15H16N2O3/c1-9-3-4-11-10(7-9)8-17(13(11)19)15(2)6-5-12(18)16-14(15)20/h3-4,7H,5-6,8H2,1-2H3,(H,16,18,20). The van der Waals surface area contributed by atoms with Gasteiger partial charge in [-0.25, -0.2) is 0 Å². The van der Waals surface area contributed by atoms with Gasteiger partial charge in [0.1, 0.15) is 5.54 Å². The molecule has 1 unspecified atom stereocenters. The number of aryl methyl sites for hydroxylation is 1. The lowest BCUT2D eigenvalue weighted by Crippen LogP contribution is -2.61. The first-order valence-electron chi connectivity index (χ1n) is 6.67. The number of imide groups is 1. The lowest BCUT2D eigenvalue weighted by atomic mass is 9.89. The smallest absolute Gasteiger partial charge is 0.255 e. The van der Waals surface area contributed by atoms with E-state index in [1.54, 1.807) is 11.8 Å². The quantitative estimate of drug-likeness (QED) is 0.780. The van der Waals surface area contributed by atoms with Gasteiger partial charge in [0.05, 0.1) is 0 Å². The van der Waals surface area contributed by atoms with Crippen molar-refractivity contribution in [3.8, 4) is 0 Å². The summed E-state index contributed by atoms with van der Waals surface area (Å²) in [6, 6.07) is 5.68. The molecule has 104 valence electrons. The number of carbonyl (C=O) groups excluding carboxylic acids is 3. The molecular weight excluding hydrogens is 256 g/mol. The molecule has 1 N–H and O–H groups in total. The normalized spacial score (nSPS) is 25.7. The zero-order valence-corrected chi connectivity index (χ0v) is 11.5. The van der Waals surface area contributed by atoms with Gasteiger partial charge in [-0.3, -0.25) is 19.7 Å². The predicted molar refractivity (Wildman–Crippen MR) is 71.8 cm³/mol. The lowest BCUT2D eigenvalue weighted by molar-refractivity contribution is -0.142. The average molecular weight is 272 g/mol. The zero-order chi connectivity index (χ0) is 14.5. The minimum atomic E-state index is -0.947. The molecular formula is C15H16N2O3. The Bertz CT molecular complexity index is 638. The maximum atomic E-state index is 12.5. The van der Waals surface area contributed by atoms with E-state index in [1.807, 2.05) is 25.1 Å². The Morgan fingerprint density at radius 2 is 2.00 bits per heavy atom. The summed E-state index contributed by atoms with van der Waals surface area (Å²) in [5.41, 5.74) is 1.74. The molecule has 0 radical (unpaired) electrons. The van der Waals surface area contributed by atoms with E-state index >= 15 is 0 Å². The first-order chi connectivity index (χ1) is 9.41. The minimum absolute atomic E-state index is 0.132. The second kappa shape index (κ2) is 4.16. The van der Waals surface area contributed by atoms with E-state index in [9.17, 15) is 14.4 Å². The minimum Gasteiger partial charge on any atom is -0.320 e. The molecule has 2 aliphatic rings. The van der Waals surface area contributed by atoms with Crippen molar-refractivity contribution < 1.29 is 14.4 Å². The van der Waals surface area contributed by atoms with Gasteiger partial charge in [-0.2, -0.15) is 0 Å². The van der Waals surface area contributed by atoms with Gasteiger partial charge in [0, 0.05) is 18.5 Å². The maximum Gasteiger partial charge on any atom is 0.255 e. The summed E-state index contributed by atoms with van der Waals surface area (Å²) in [7, 11) is 0. The highest BCUT2D eigenvalue weighted by molar-refractivity contribution is 6.07. The van der Waals surface area contributed by atoms with Crippen molar-refractivity contribution in [3.63, 3.8) is 0 Å². The van der Waals surface area contributed by atoms with E-state index in [4.69, 9.17) is 0 Å². The Balaban J connectivity index is 1.95. The second-order valence-corrected chi connectivity index (χ2v) is 5.70. The molecule has 1 fully saturated rings. The topological polar surface area (TPSA) is 66.5 Å². The van der Waals surface area contributed by atoms with Crippen molar-refractivity contribution >= 4 is 17.7 Å². The number of rotatable bonds is 1. The average Bonchev–Trinajstić information content (AvgIpc) is 2.72.